The molecule has 2 heterocycles. The lowest BCUT2D eigenvalue weighted by molar-refractivity contribution is -0.138. The molecule has 4 aromatic carbocycles. The second-order valence-electron chi connectivity index (χ2n) is 13.7. The molecule has 6 aromatic rings. The highest BCUT2D eigenvalue weighted by molar-refractivity contribution is 5.94. The first-order chi connectivity index (χ1) is 28.4. The summed E-state index contributed by atoms with van der Waals surface area (Å²) in [6.45, 7) is 5.85. The van der Waals surface area contributed by atoms with Crippen molar-refractivity contribution in [2.75, 3.05) is 14.2 Å². The van der Waals surface area contributed by atoms with Crippen molar-refractivity contribution in [2.45, 2.75) is 45.7 Å². The van der Waals surface area contributed by atoms with Gasteiger partial charge in [-0.2, -0.15) is 0 Å². The Morgan fingerprint density at radius 2 is 0.966 bits per heavy atom. The molecule has 59 heavy (non-hydrogen) atoms. The van der Waals surface area contributed by atoms with Crippen LogP contribution in [-0.4, -0.2) is 58.2 Å². The summed E-state index contributed by atoms with van der Waals surface area (Å²) in [4.78, 5) is 57.4. The van der Waals surface area contributed by atoms with E-state index in [1.807, 2.05) is 124 Å². The fourth-order valence-corrected chi connectivity index (χ4v) is 6.23. The summed E-state index contributed by atoms with van der Waals surface area (Å²) < 4.78 is 10.8. The number of amides is 2. The summed E-state index contributed by atoms with van der Waals surface area (Å²) in [7, 11) is 3.10. The normalized spacial score (nSPS) is 11.5. The number of aryl methyl sites for hydroxylation is 3. The monoisotopic (exact) mass is 794 g/mol. The number of nitrogens with zero attached hydrogens (tertiary/aromatic N) is 2. The first-order valence-corrected chi connectivity index (χ1v) is 18.8. The molecule has 0 saturated carbocycles. The lowest BCUT2D eigenvalue weighted by atomic mass is 10.0. The smallest absolute Gasteiger partial charge is 0.305 e. The largest absolute Gasteiger partial charge is 0.494 e. The van der Waals surface area contributed by atoms with E-state index in [-0.39, 0.29) is 24.2 Å². The molecule has 302 valence electrons. The number of aliphatic carboxylic acids is 2. The van der Waals surface area contributed by atoms with Crippen LogP contribution in [0.25, 0.3) is 22.5 Å². The van der Waals surface area contributed by atoms with E-state index >= 15 is 0 Å². The van der Waals surface area contributed by atoms with E-state index in [4.69, 9.17) is 9.47 Å². The molecule has 0 radical (unpaired) electrons. The number of ether oxygens (including phenoxy) is 2. The van der Waals surface area contributed by atoms with Gasteiger partial charge in [-0.15, -0.1) is 0 Å². The lowest BCUT2D eigenvalue weighted by Crippen LogP contribution is -2.31. The maximum absolute atomic E-state index is 12.9. The number of hydrogen-bond donors (Lipinski definition) is 4. The summed E-state index contributed by atoms with van der Waals surface area (Å²) in [6.07, 6.45) is -0.452. The molecule has 0 bridgehead atoms. The van der Waals surface area contributed by atoms with E-state index in [2.05, 4.69) is 20.6 Å². The standard InChI is InChI=1S/C24H24N2O4.C23H22N2O4/c1-15-8-10-17(11-9-15)20(14-22(27)28)26-24(29)19-12-13-21(30-3)23(25-19)18-7-5-4-6-16(18)2;1-15-8-10-16(11-9-15)19(14-21(26)27)25-23(28)18-12-13-20(29-2)22(24-18)17-6-4-3-5-7-17/h4-13,20H,14H2,1-3H3,(H,26,29)(H,27,28);3-13,19H,14H2,1-2H3,(H,25,28)(H,26,27)/t20-;19-/m00/s1. The van der Waals surface area contributed by atoms with Crippen LogP contribution in [0.4, 0.5) is 0 Å². The molecular formula is C47H46N4O8. The second-order valence-corrected chi connectivity index (χ2v) is 13.7. The SMILES string of the molecule is COc1ccc(C(=O)N[C@@H](CC(=O)O)c2ccc(C)cc2)nc1-c1ccccc1.COc1ccc(C(=O)N[C@@H](CC(=O)O)c2ccc(C)cc2)nc1-c1ccccc1C. The first-order valence-electron chi connectivity index (χ1n) is 18.8. The summed E-state index contributed by atoms with van der Waals surface area (Å²) in [6, 6.07) is 37.1. The third-order valence-electron chi connectivity index (χ3n) is 9.40. The van der Waals surface area contributed by atoms with Crippen LogP contribution in [-0.2, 0) is 9.59 Å². The summed E-state index contributed by atoms with van der Waals surface area (Å²) in [5.74, 6) is -1.78. The predicted molar refractivity (Wildman–Crippen MR) is 224 cm³/mol. The maximum Gasteiger partial charge on any atom is 0.305 e. The van der Waals surface area contributed by atoms with Crippen molar-refractivity contribution in [1.82, 2.24) is 20.6 Å². The minimum absolute atomic E-state index is 0.187. The Balaban J connectivity index is 0.000000224. The van der Waals surface area contributed by atoms with Crippen LogP contribution < -0.4 is 20.1 Å². The van der Waals surface area contributed by atoms with Gasteiger partial charge in [-0.3, -0.25) is 19.2 Å². The number of carbonyl (C=O) groups is 4. The number of nitrogens with one attached hydrogen (secondary N) is 2. The van der Waals surface area contributed by atoms with Crippen molar-refractivity contribution >= 4 is 23.8 Å². The van der Waals surface area contributed by atoms with Gasteiger partial charge >= 0.3 is 11.9 Å². The molecule has 2 amide bonds. The van der Waals surface area contributed by atoms with Crippen LogP contribution in [0, 0.1) is 20.8 Å². The lowest BCUT2D eigenvalue weighted by Gasteiger charge is -2.18. The molecule has 12 heteroatoms. The summed E-state index contributed by atoms with van der Waals surface area (Å²) >= 11 is 0. The Morgan fingerprint density at radius 1 is 0.542 bits per heavy atom. The Hall–Kier alpha value is -7.34. The van der Waals surface area contributed by atoms with Gasteiger partial charge in [0.2, 0.25) is 0 Å². The molecule has 0 aliphatic carbocycles. The number of aromatic nitrogens is 2. The Kier molecular flexibility index (Phi) is 14.6. The van der Waals surface area contributed by atoms with E-state index < -0.39 is 35.8 Å². The van der Waals surface area contributed by atoms with Crippen molar-refractivity contribution in [3.63, 3.8) is 0 Å². The van der Waals surface area contributed by atoms with Gasteiger partial charge in [0.1, 0.15) is 34.3 Å². The van der Waals surface area contributed by atoms with Crippen LogP contribution in [0.15, 0.2) is 127 Å². The predicted octanol–water partition coefficient (Wildman–Crippen LogP) is 8.33. The van der Waals surface area contributed by atoms with Gasteiger partial charge in [0.25, 0.3) is 11.8 Å². The molecule has 6 rings (SSSR count). The van der Waals surface area contributed by atoms with Crippen LogP contribution in [0.2, 0.25) is 0 Å². The molecule has 0 unspecified atom stereocenters. The minimum atomic E-state index is -0.997. The highest BCUT2D eigenvalue weighted by Crippen LogP contribution is 2.31. The zero-order valence-electron chi connectivity index (χ0n) is 33.4. The van der Waals surface area contributed by atoms with Gasteiger partial charge in [0.05, 0.1) is 39.1 Å². The van der Waals surface area contributed by atoms with Crippen molar-refractivity contribution in [3.8, 4) is 34.0 Å². The number of benzene rings is 4. The third-order valence-corrected chi connectivity index (χ3v) is 9.40. The van der Waals surface area contributed by atoms with Crippen LogP contribution >= 0.6 is 0 Å². The Bertz CT molecular complexity index is 2400. The van der Waals surface area contributed by atoms with Gasteiger partial charge in [0, 0.05) is 11.1 Å². The van der Waals surface area contributed by atoms with E-state index in [1.165, 1.54) is 0 Å². The van der Waals surface area contributed by atoms with E-state index in [0.29, 0.717) is 22.9 Å². The topological polar surface area (TPSA) is 177 Å². The van der Waals surface area contributed by atoms with Crippen LogP contribution in [0.5, 0.6) is 11.5 Å². The van der Waals surface area contributed by atoms with E-state index in [9.17, 15) is 29.4 Å². The number of hydrogen-bond acceptors (Lipinski definition) is 8. The fourth-order valence-electron chi connectivity index (χ4n) is 6.23. The Labute approximate surface area is 342 Å². The minimum Gasteiger partial charge on any atom is -0.494 e. The number of carboxylic acid groups (broad SMARTS) is 2. The first kappa shape index (κ1) is 42.8. The summed E-state index contributed by atoms with van der Waals surface area (Å²) in [5.41, 5.74) is 7.74. The van der Waals surface area contributed by atoms with Crippen LogP contribution in [0.3, 0.4) is 0 Å². The highest BCUT2D eigenvalue weighted by atomic mass is 16.5. The molecule has 0 fully saturated rings. The van der Waals surface area contributed by atoms with Gasteiger partial charge in [-0.1, -0.05) is 114 Å². The molecule has 0 aliphatic heterocycles. The third kappa shape index (κ3) is 11.6. The van der Waals surface area contributed by atoms with Gasteiger partial charge in [-0.05, 0) is 61.7 Å². The second kappa shape index (κ2) is 20.2. The number of pyridine rings is 2. The fraction of sp³-hybridized carbons (Fsp3) is 0.191. The number of carbonyl (C=O) groups excluding carboxylic acids is 2. The van der Waals surface area contributed by atoms with Crippen molar-refractivity contribution < 1.29 is 38.9 Å². The van der Waals surface area contributed by atoms with Crippen LogP contribution in [0.1, 0.15) is 73.7 Å². The van der Waals surface area contributed by atoms with Gasteiger partial charge in [0.15, 0.2) is 0 Å². The average Bonchev–Trinajstić information content (AvgIpc) is 3.23. The number of methoxy groups -OCH3 is 2. The molecular weight excluding hydrogens is 749 g/mol. The molecule has 2 aromatic heterocycles. The van der Waals surface area contributed by atoms with Gasteiger partial charge in [-0.25, -0.2) is 9.97 Å². The van der Waals surface area contributed by atoms with Crippen molar-refractivity contribution in [1.29, 1.82) is 0 Å². The average molecular weight is 795 g/mol. The van der Waals surface area contributed by atoms with Crippen molar-refractivity contribution in [3.05, 3.63) is 167 Å². The molecule has 2 atom stereocenters. The quantitative estimate of drug-likeness (QED) is 0.0838. The number of rotatable bonds is 14. The van der Waals surface area contributed by atoms with E-state index in [0.717, 1.165) is 38.9 Å². The zero-order chi connectivity index (χ0) is 42.5. The summed E-state index contributed by atoms with van der Waals surface area (Å²) in [5, 5.41) is 24.2. The molecule has 4 N–H and O–H groups in total. The number of carboxylic acids is 2. The molecule has 0 aliphatic rings. The zero-order valence-corrected chi connectivity index (χ0v) is 33.4. The van der Waals surface area contributed by atoms with E-state index in [1.54, 1.807) is 38.5 Å². The maximum atomic E-state index is 12.9. The highest BCUT2D eigenvalue weighted by Gasteiger charge is 2.23. The molecule has 0 spiro atoms. The van der Waals surface area contributed by atoms with Crippen molar-refractivity contribution in [2.24, 2.45) is 0 Å². The molecule has 12 nitrogen and oxygen atoms in total. The Morgan fingerprint density at radius 3 is 1.41 bits per heavy atom. The molecule has 0 saturated heterocycles. The van der Waals surface area contributed by atoms with Gasteiger partial charge < -0.3 is 30.3 Å².